The summed E-state index contributed by atoms with van der Waals surface area (Å²) in [5.41, 5.74) is 0.595. The fourth-order valence-corrected chi connectivity index (χ4v) is 1.31. The highest BCUT2D eigenvalue weighted by atomic mass is 16.5. The van der Waals surface area contributed by atoms with Crippen molar-refractivity contribution in [2.24, 2.45) is 0 Å². The summed E-state index contributed by atoms with van der Waals surface area (Å²) in [6.45, 7) is 0. The molecule has 0 amide bonds. The Morgan fingerprint density at radius 3 is 2.92 bits per heavy atom. The third-order valence-corrected chi connectivity index (χ3v) is 1.91. The topological polar surface area (TPSA) is 50.7 Å². The van der Waals surface area contributed by atoms with Gasteiger partial charge in [0.05, 0.1) is 11.6 Å². The Labute approximate surface area is 75.0 Å². The zero-order valence-corrected chi connectivity index (χ0v) is 6.77. The molecule has 0 N–H and O–H groups in total. The van der Waals surface area contributed by atoms with E-state index in [0.717, 1.165) is 15.5 Å². The molecule has 3 heteroatoms. The molecular weight excluding hydrogens is 164 g/mol. The fourth-order valence-electron chi connectivity index (χ4n) is 1.31. The Morgan fingerprint density at radius 2 is 2.15 bits per heavy atom. The van der Waals surface area contributed by atoms with Gasteiger partial charge in [0.1, 0.15) is 0 Å². The Morgan fingerprint density at radius 1 is 1.31 bits per heavy atom. The number of benzene rings is 1. The summed E-state index contributed by atoms with van der Waals surface area (Å²) in [5.74, 6) is 0. The molecule has 0 saturated carbocycles. The number of hydrogen-bond donors (Lipinski definition) is 0. The van der Waals surface area contributed by atoms with Crippen molar-refractivity contribution in [2.45, 2.75) is 0 Å². The molecule has 13 heavy (non-hydrogen) atoms. The van der Waals surface area contributed by atoms with Gasteiger partial charge in [0.25, 0.3) is 0 Å². The first-order valence-electron chi connectivity index (χ1n) is 3.83. The second kappa shape index (κ2) is 2.76. The second-order valence-electron chi connectivity index (χ2n) is 2.73. The lowest BCUT2D eigenvalue weighted by Crippen LogP contribution is -2.23. The first-order valence-corrected chi connectivity index (χ1v) is 3.83. The van der Waals surface area contributed by atoms with E-state index < -0.39 is 0 Å². The molecule has 0 aliphatic carbocycles. The van der Waals surface area contributed by atoms with Crippen LogP contribution in [0.4, 0.5) is 0 Å². The molecule has 0 unspecified atom stereocenters. The van der Waals surface area contributed by atoms with Crippen LogP contribution in [0.3, 0.4) is 0 Å². The lowest BCUT2D eigenvalue weighted by molar-refractivity contribution is -0.603. The van der Waals surface area contributed by atoms with Crippen LogP contribution in [-0.4, -0.2) is 0 Å². The molecular formula is C10H6N2O. The smallest absolute Gasteiger partial charge is 0.188 e. The normalized spacial score (nSPS) is 9.77. The van der Waals surface area contributed by atoms with Crippen LogP contribution >= 0.6 is 0 Å². The van der Waals surface area contributed by atoms with Gasteiger partial charge in [-0.05, 0) is 12.1 Å². The lowest BCUT2D eigenvalue weighted by atomic mass is 10.1. The van der Waals surface area contributed by atoms with Crippen molar-refractivity contribution in [3.05, 3.63) is 47.4 Å². The van der Waals surface area contributed by atoms with Crippen molar-refractivity contribution >= 4 is 10.8 Å². The molecule has 0 bridgehead atoms. The summed E-state index contributed by atoms with van der Waals surface area (Å²) in [7, 11) is 0. The summed E-state index contributed by atoms with van der Waals surface area (Å²) >= 11 is 0. The molecule has 0 spiro atoms. The second-order valence-corrected chi connectivity index (χ2v) is 2.73. The number of rotatable bonds is 0. The zero-order chi connectivity index (χ0) is 9.26. The highest BCUT2D eigenvalue weighted by Gasteiger charge is 2.01. The average molecular weight is 170 g/mol. The van der Waals surface area contributed by atoms with Gasteiger partial charge in [-0.1, -0.05) is 6.07 Å². The Balaban J connectivity index is 2.87. The molecule has 3 nitrogen and oxygen atoms in total. The van der Waals surface area contributed by atoms with Gasteiger partial charge < -0.3 is 5.21 Å². The first kappa shape index (κ1) is 7.56. The molecule has 0 atom stereocenters. The van der Waals surface area contributed by atoms with Crippen molar-refractivity contribution in [1.82, 2.24) is 0 Å². The van der Waals surface area contributed by atoms with Crippen LogP contribution in [0, 0.1) is 16.5 Å². The number of aromatic nitrogens is 1. The van der Waals surface area contributed by atoms with E-state index in [1.165, 1.54) is 12.4 Å². The Hall–Kier alpha value is -2.08. The Bertz CT molecular complexity index is 500. The maximum absolute atomic E-state index is 10.9. The number of pyridine rings is 1. The standard InChI is InChI=1S/C10H6N2O/c11-6-8-2-1-3-9-7-12(13)5-4-10(8)9/h1-5,7H. The molecule has 62 valence electrons. The molecule has 1 heterocycles. The molecule has 0 aliphatic rings. The van der Waals surface area contributed by atoms with Gasteiger partial charge >= 0.3 is 0 Å². The average Bonchev–Trinajstić information content (AvgIpc) is 2.16. The third kappa shape index (κ3) is 1.18. The monoisotopic (exact) mass is 170 g/mol. The van der Waals surface area contributed by atoms with Gasteiger partial charge in [-0.15, -0.1) is 0 Å². The van der Waals surface area contributed by atoms with E-state index in [1.54, 1.807) is 18.2 Å². The summed E-state index contributed by atoms with van der Waals surface area (Å²) in [4.78, 5) is 0. The molecule has 0 radical (unpaired) electrons. The van der Waals surface area contributed by atoms with Crippen LogP contribution in [0.25, 0.3) is 10.8 Å². The van der Waals surface area contributed by atoms with E-state index >= 15 is 0 Å². The summed E-state index contributed by atoms with van der Waals surface area (Å²) < 4.78 is 0.726. The van der Waals surface area contributed by atoms with Gasteiger partial charge in [-0.3, -0.25) is 0 Å². The van der Waals surface area contributed by atoms with E-state index in [1.807, 2.05) is 6.07 Å². The number of hydrogen-bond acceptors (Lipinski definition) is 2. The minimum absolute atomic E-state index is 0.595. The van der Waals surface area contributed by atoms with Crippen LogP contribution < -0.4 is 4.73 Å². The number of fused-ring (bicyclic) bond motifs is 1. The van der Waals surface area contributed by atoms with Crippen LogP contribution in [0.2, 0.25) is 0 Å². The maximum Gasteiger partial charge on any atom is 0.188 e. The first-order chi connectivity index (χ1) is 6.31. The van der Waals surface area contributed by atoms with Crippen LogP contribution in [0.5, 0.6) is 0 Å². The van der Waals surface area contributed by atoms with Gasteiger partial charge in [-0.25, -0.2) is 0 Å². The predicted octanol–water partition coefficient (Wildman–Crippen LogP) is 1.34. The van der Waals surface area contributed by atoms with Crippen molar-refractivity contribution in [3.63, 3.8) is 0 Å². The molecule has 2 aromatic rings. The van der Waals surface area contributed by atoms with Crippen molar-refractivity contribution in [3.8, 4) is 6.07 Å². The van der Waals surface area contributed by atoms with E-state index in [2.05, 4.69) is 6.07 Å². The lowest BCUT2D eigenvalue weighted by Gasteiger charge is -1.99. The molecule has 1 aromatic carbocycles. The molecule has 0 aliphatic heterocycles. The minimum atomic E-state index is 0.595. The molecule has 0 fully saturated rings. The number of nitriles is 1. The molecule has 2 rings (SSSR count). The fraction of sp³-hybridized carbons (Fsp3) is 0. The van der Waals surface area contributed by atoms with E-state index in [4.69, 9.17) is 5.26 Å². The predicted molar refractivity (Wildman–Crippen MR) is 47.6 cm³/mol. The minimum Gasteiger partial charge on any atom is -0.619 e. The zero-order valence-electron chi connectivity index (χ0n) is 6.77. The van der Waals surface area contributed by atoms with Crippen molar-refractivity contribution in [1.29, 1.82) is 5.26 Å². The molecule has 1 aromatic heterocycles. The molecule has 0 saturated heterocycles. The SMILES string of the molecule is N#Cc1cccc2c[n+]([O-])ccc12. The summed E-state index contributed by atoms with van der Waals surface area (Å²) in [6, 6.07) is 9.04. The van der Waals surface area contributed by atoms with Gasteiger partial charge in [0, 0.05) is 16.8 Å². The highest BCUT2D eigenvalue weighted by molar-refractivity contribution is 5.86. The van der Waals surface area contributed by atoms with Crippen LogP contribution in [0.15, 0.2) is 36.7 Å². The summed E-state index contributed by atoms with van der Waals surface area (Å²) in [5, 5.41) is 21.3. The Kier molecular flexibility index (Phi) is 1.60. The maximum atomic E-state index is 10.9. The van der Waals surface area contributed by atoms with Crippen LogP contribution in [-0.2, 0) is 0 Å². The van der Waals surface area contributed by atoms with E-state index in [0.29, 0.717) is 5.56 Å². The summed E-state index contributed by atoms with van der Waals surface area (Å²) in [6.07, 6.45) is 2.85. The largest absolute Gasteiger partial charge is 0.619 e. The highest BCUT2D eigenvalue weighted by Crippen LogP contribution is 2.15. The van der Waals surface area contributed by atoms with Crippen molar-refractivity contribution in [2.75, 3.05) is 0 Å². The van der Waals surface area contributed by atoms with Crippen molar-refractivity contribution < 1.29 is 4.73 Å². The van der Waals surface area contributed by atoms with Gasteiger partial charge in [-0.2, -0.15) is 9.99 Å². The van der Waals surface area contributed by atoms with E-state index in [-0.39, 0.29) is 0 Å². The van der Waals surface area contributed by atoms with E-state index in [9.17, 15) is 5.21 Å². The quantitative estimate of drug-likeness (QED) is 0.442. The van der Waals surface area contributed by atoms with Crippen LogP contribution in [0.1, 0.15) is 5.56 Å². The third-order valence-electron chi connectivity index (χ3n) is 1.91. The number of nitrogens with zero attached hydrogens (tertiary/aromatic N) is 2. The van der Waals surface area contributed by atoms with Gasteiger partial charge in [0.15, 0.2) is 12.4 Å². The van der Waals surface area contributed by atoms with Gasteiger partial charge in [0.2, 0.25) is 0 Å².